The SMILES string of the molecule is COC(=O)[C@H]1CCCN(S(=O)(=O)NC(C)(C)C)C1. The number of methoxy groups -OCH3 is 1. The van der Waals surface area contributed by atoms with E-state index in [1.165, 1.54) is 11.4 Å². The third-order valence-electron chi connectivity index (χ3n) is 2.69. The number of carbonyl (C=O) groups excluding carboxylic acids is 1. The van der Waals surface area contributed by atoms with E-state index in [0.29, 0.717) is 19.4 Å². The van der Waals surface area contributed by atoms with Crippen LogP contribution in [0, 0.1) is 5.92 Å². The molecular weight excluding hydrogens is 256 g/mol. The Morgan fingerprint density at radius 3 is 2.50 bits per heavy atom. The fourth-order valence-electron chi connectivity index (χ4n) is 1.97. The van der Waals surface area contributed by atoms with E-state index in [1.807, 2.05) is 0 Å². The van der Waals surface area contributed by atoms with Gasteiger partial charge in [-0.15, -0.1) is 0 Å². The molecule has 1 rings (SSSR count). The number of piperidine rings is 1. The average molecular weight is 278 g/mol. The highest BCUT2D eigenvalue weighted by molar-refractivity contribution is 7.87. The van der Waals surface area contributed by atoms with Gasteiger partial charge < -0.3 is 4.74 Å². The van der Waals surface area contributed by atoms with E-state index < -0.39 is 15.7 Å². The van der Waals surface area contributed by atoms with E-state index in [4.69, 9.17) is 0 Å². The van der Waals surface area contributed by atoms with Crippen LogP contribution in [0.4, 0.5) is 0 Å². The van der Waals surface area contributed by atoms with E-state index in [9.17, 15) is 13.2 Å². The number of nitrogens with one attached hydrogen (secondary N) is 1. The van der Waals surface area contributed by atoms with Crippen molar-refractivity contribution in [3.8, 4) is 0 Å². The van der Waals surface area contributed by atoms with Crippen LogP contribution >= 0.6 is 0 Å². The smallest absolute Gasteiger partial charge is 0.309 e. The Balaban J connectivity index is 2.75. The second kappa shape index (κ2) is 5.54. The fourth-order valence-corrected chi connectivity index (χ4v) is 3.62. The molecule has 1 aliphatic heterocycles. The topological polar surface area (TPSA) is 75.7 Å². The third-order valence-corrected chi connectivity index (χ3v) is 4.58. The zero-order valence-corrected chi connectivity index (χ0v) is 12.2. The van der Waals surface area contributed by atoms with Crippen LogP contribution in [0.1, 0.15) is 33.6 Å². The van der Waals surface area contributed by atoms with Gasteiger partial charge in [0.05, 0.1) is 13.0 Å². The normalized spacial score (nSPS) is 22.8. The zero-order valence-electron chi connectivity index (χ0n) is 11.4. The largest absolute Gasteiger partial charge is 0.469 e. The minimum Gasteiger partial charge on any atom is -0.469 e. The summed E-state index contributed by atoms with van der Waals surface area (Å²) in [5.74, 6) is -0.703. The minimum atomic E-state index is -3.54. The van der Waals surface area contributed by atoms with Crippen molar-refractivity contribution in [3.05, 3.63) is 0 Å². The van der Waals surface area contributed by atoms with E-state index in [1.54, 1.807) is 20.8 Å². The predicted molar refractivity (Wildman–Crippen MR) is 68.1 cm³/mol. The van der Waals surface area contributed by atoms with Crippen LogP contribution < -0.4 is 4.72 Å². The Hall–Kier alpha value is -0.660. The number of esters is 1. The van der Waals surface area contributed by atoms with Crippen LogP contribution in [0.5, 0.6) is 0 Å². The first kappa shape index (κ1) is 15.4. The lowest BCUT2D eigenvalue weighted by molar-refractivity contribution is -0.146. The lowest BCUT2D eigenvalue weighted by atomic mass is 10.0. The fraction of sp³-hybridized carbons (Fsp3) is 0.909. The van der Waals surface area contributed by atoms with Gasteiger partial charge in [-0.05, 0) is 33.6 Å². The molecule has 0 unspecified atom stereocenters. The molecule has 0 aromatic rings. The molecule has 1 aliphatic rings. The van der Waals surface area contributed by atoms with Crippen LogP contribution in [-0.2, 0) is 19.7 Å². The van der Waals surface area contributed by atoms with E-state index in [-0.39, 0.29) is 18.4 Å². The molecule has 6 nitrogen and oxygen atoms in total. The van der Waals surface area contributed by atoms with Gasteiger partial charge in [0, 0.05) is 18.6 Å². The standard InChI is InChI=1S/C11H22N2O4S/c1-11(2,3)12-18(15,16)13-7-5-6-9(8-13)10(14)17-4/h9,12H,5-8H2,1-4H3/t9-/m0/s1. The molecule has 1 fully saturated rings. The van der Waals surface area contributed by atoms with Crippen molar-refractivity contribution < 1.29 is 17.9 Å². The number of rotatable bonds is 3. The van der Waals surface area contributed by atoms with Crippen molar-refractivity contribution in [1.29, 1.82) is 0 Å². The van der Waals surface area contributed by atoms with Gasteiger partial charge in [-0.1, -0.05) is 0 Å². The molecule has 0 saturated carbocycles. The van der Waals surface area contributed by atoms with Gasteiger partial charge in [0.1, 0.15) is 0 Å². The molecule has 0 bridgehead atoms. The van der Waals surface area contributed by atoms with Crippen molar-refractivity contribution in [2.75, 3.05) is 20.2 Å². The van der Waals surface area contributed by atoms with E-state index in [0.717, 1.165) is 0 Å². The molecule has 0 aromatic heterocycles. The van der Waals surface area contributed by atoms with Gasteiger partial charge in [-0.2, -0.15) is 17.4 Å². The number of hydrogen-bond donors (Lipinski definition) is 1. The average Bonchev–Trinajstić information content (AvgIpc) is 2.25. The summed E-state index contributed by atoms with van der Waals surface area (Å²) >= 11 is 0. The summed E-state index contributed by atoms with van der Waals surface area (Å²) in [5.41, 5.74) is -0.531. The Morgan fingerprint density at radius 2 is 2.00 bits per heavy atom. The Morgan fingerprint density at radius 1 is 1.39 bits per heavy atom. The maximum Gasteiger partial charge on any atom is 0.309 e. The predicted octanol–water partition coefficient (Wildman–Crippen LogP) is 0.504. The maximum atomic E-state index is 12.1. The molecule has 7 heteroatoms. The summed E-state index contributed by atoms with van der Waals surface area (Å²) in [6.45, 7) is 5.99. The van der Waals surface area contributed by atoms with Gasteiger partial charge >= 0.3 is 5.97 Å². The first-order valence-electron chi connectivity index (χ1n) is 6.02. The maximum absolute atomic E-state index is 12.1. The van der Waals surface area contributed by atoms with Crippen molar-refractivity contribution >= 4 is 16.2 Å². The lowest BCUT2D eigenvalue weighted by Gasteiger charge is -2.33. The molecule has 0 aliphatic carbocycles. The third kappa shape index (κ3) is 4.22. The quantitative estimate of drug-likeness (QED) is 0.763. The number of carbonyl (C=O) groups is 1. The van der Waals surface area contributed by atoms with Crippen molar-refractivity contribution in [2.45, 2.75) is 39.2 Å². The highest BCUT2D eigenvalue weighted by atomic mass is 32.2. The monoisotopic (exact) mass is 278 g/mol. The summed E-state index contributed by atoms with van der Waals surface area (Å²) in [6, 6.07) is 0. The molecule has 0 aromatic carbocycles. The molecule has 0 spiro atoms. The molecular formula is C11H22N2O4S. The highest BCUT2D eigenvalue weighted by Gasteiger charge is 2.34. The van der Waals surface area contributed by atoms with Gasteiger partial charge in [-0.3, -0.25) is 4.79 Å². The second-order valence-electron chi connectivity index (χ2n) is 5.58. The summed E-state index contributed by atoms with van der Waals surface area (Å²) in [7, 11) is -2.22. The molecule has 0 radical (unpaired) electrons. The number of ether oxygens (including phenoxy) is 1. The Bertz CT molecular complexity index is 400. The summed E-state index contributed by atoms with van der Waals surface area (Å²) in [4.78, 5) is 11.5. The second-order valence-corrected chi connectivity index (χ2v) is 7.25. The van der Waals surface area contributed by atoms with Crippen LogP contribution in [0.3, 0.4) is 0 Å². The van der Waals surface area contributed by atoms with Crippen LogP contribution in [-0.4, -0.2) is 44.4 Å². The summed E-state index contributed by atoms with van der Waals surface area (Å²) in [5, 5.41) is 0. The van der Waals surface area contributed by atoms with Crippen molar-refractivity contribution in [2.24, 2.45) is 5.92 Å². The van der Waals surface area contributed by atoms with Gasteiger partial charge in [0.25, 0.3) is 10.2 Å². The summed E-state index contributed by atoms with van der Waals surface area (Å²) < 4.78 is 32.8. The first-order chi connectivity index (χ1) is 8.15. The van der Waals surface area contributed by atoms with Gasteiger partial charge in [0.15, 0.2) is 0 Å². The van der Waals surface area contributed by atoms with Crippen LogP contribution in [0.15, 0.2) is 0 Å². The first-order valence-corrected chi connectivity index (χ1v) is 7.46. The minimum absolute atomic E-state index is 0.193. The Labute approximate surface area is 109 Å². The molecule has 18 heavy (non-hydrogen) atoms. The van der Waals surface area contributed by atoms with Gasteiger partial charge in [0.2, 0.25) is 0 Å². The Kier molecular flexibility index (Phi) is 4.74. The van der Waals surface area contributed by atoms with Crippen LogP contribution in [0.25, 0.3) is 0 Å². The highest BCUT2D eigenvalue weighted by Crippen LogP contribution is 2.20. The van der Waals surface area contributed by atoms with Crippen molar-refractivity contribution in [1.82, 2.24) is 9.03 Å². The number of hydrogen-bond acceptors (Lipinski definition) is 4. The van der Waals surface area contributed by atoms with Crippen LogP contribution in [0.2, 0.25) is 0 Å². The van der Waals surface area contributed by atoms with E-state index >= 15 is 0 Å². The van der Waals surface area contributed by atoms with E-state index in [2.05, 4.69) is 9.46 Å². The molecule has 106 valence electrons. The summed E-state index contributed by atoms with van der Waals surface area (Å²) in [6.07, 6.45) is 1.35. The van der Waals surface area contributed by atoms with Gasteiger partial charge in [-0.25, -0.2) is 0 Å². The molecule has 0 amide bonds. The number of nitrogens with zero attached hydrogens (tertiary/aromatic N) is 1. The van der Waals surface area contributed by atoms with Crippen molar-refractivity contribution in [3.63, 3.8) is 0 Å². The lowest BCUT2D eigenvalue weighted by Crippen LogP contribution is -2.52. The molecule has 1 heterocycles. The molecule has 1 saturated heterocycles. The molecule has 1 atom stereocenters. The molecule has 1 N–H and O–H groups in total. The zero-order chi connectivity index (χ0) is 14.0.